The van der Waals surface area contributed by atoms with E-state index in [1.165, 1.54) is 19.3 Å². The molecule has 0 aromatic carbocycles. The first-order valence-corrected chi connectivity index (χ1v) is 6.78. The van der Waals surface area contributed by atoms with Crippen molar-refractivity contribution in [2.75, 3.05) is 6.61 Å². The van der Waals surface area contributed by atoms with Crippen LogP contribution >= 0.6 is 0 Å². The zero-order valence-electron chi connectivity index (χ0n) is 11.3. The Hall–Kier alpha value is -0.780. The Morgan fingerprint density at radius 3 is 2.16 bits per heavy atom. The van der Waals surface area contributed by atoms with Gasteiger partial charge in [0.1, 0.15) is 6.61 Å². The van der Waals surface area contributed by atoms with Gasteiger partial charge in [0.25, 0.3) is 0 Å². The molecule has 0 aliphatic carbocycles. The molecule has 3 nitrogen and oxygen atoms in total. The number of alkyl halides is 3. The number of carbonyl (C=O) groups is 1. The molecule has 0 radical (unpaired) electrons. The molecule has 0 aliphatic heterocycles. The van der Waals surface area contributed by atoms with Crippen molar-refractivity contribution >= 4 is 5.97 Å². The van der Waals surface area contributed by atoms with Gasteiger partial charge in [0.2, 0.25) is 0 Å². The second-order valence-corrected chi connectivity index (χ2v) is 4.61. The maximum absolute atomic E-state index is 11.9. The van der Waals surface area contributed by atoms with Crippen molar-refractivity contribution in [1.29, 1.82) is 0 Å². The molecule has 0 bridgehead atoms. The predicted molar refractivity (Wildman–Crippen MR) is 65.6 cm³/mol. The number of esters is 1. The van der Waals surface area contributed by atoms with Gasteiger partial charge in [-0.05, 0) is 6.42 Å². The molecular formula is C13H23F3O3. The maximum atomic E-state index is 11.9. The molecule has 6 heteroatoms. The Morgan fingerprint density at radius 1 is 1.11 bits per heavy atom. The van der Waals surface area contributed by atoms with E-state index in [2.05, 4.69) is 11.7 Å². The van der Waals surface area contributed by atoms with Gasteiger partial charge in [0, 0.05) is 6.42 Å². The van der Waals surface area contributed by atoms with Crippen molar-refractivity contribution in [2.45, 2.75) is 70.6 Å². The summed E-state index contributed by atoms with van der Waals surface area (Å²) in [5.41, 5.74) is 0. The van der Waals surface area contributed by atoms with Crippen molar-refractivity contribution in [3.8, 4) is 0 Å². The minimum absolute atomic E-state index is 0.109. The summed E-state index contributed by atoms with van der Waals surface area (Å²) in [7, 11) is 0. The molecule has 0 spiro atoms. The maximum Gasteiger partial charge on any atom is 0.417 e. The van der Waals surface area contributed by atoms with Crippen molar-refractivity contribution in [1.82, 2.24) is 0 Å². The van der Waals surface area contributed by atoms with Gasteiger partial charge in [0.15, 0.2) is 6.10 Å². The van der Waals surface area contributed by atoms with Crippen molar-refractivity contribution < 1.29 is 27.8 Å². The molecule has 1 atom stereocenters. The number of aliphatic hydroxyl groups excluding tert-OH is 1. The van der Waals surface area contributed by atoms with Crippen LogP contribution in [-0.4, -0.2) is 30.0 Å². The number of hydrogen-bond acceptors (Lipinski definition) is 3. The summed E-state index contributed by atoms with van der Waals surface area (Å²) in [5, 5.41) is 8.62. The number of ether oxygens (including phenoxy) is 1. The first-order chi connectivity index (χ1) is 8.88. The van der Waals surface area contributed by atoms with E-state index in [-0.39, 0.29) is 6.42 Å². The molecule has 0 saturated heterocycles. The lowest BCUT2D eigenvalue weighted by molar-refractivity contribution is -0.217. The van der Waals surface area contributed by atoms with E-state index in [0.717, 1.165) is 19.3 Å². The van der Waals surface area contributed by atoms with Crippen LogP contribution in [0.3, 0.4) is 0 Å². The highest BCUT2D eigenvalue weighted by atomic mass is 19.4. The van der Waals surface area contributed by atoms with Crippen LogP contribution in [0.5, 0.6) is 0 Å². The van der Waals surface area contributed by atoms with Gasteiger partial charge in [-0.15, -0.1) is 0 Å². The lowest BCUT2D eigenvalue weighted by Gasteiger charge is -2.14. The molecule has 0 heterocycles. The molecule has 1 N–H and O–H groups in total. The lowest BCUT2D eigenvalue weighted by atomic mass is 10.1. The van der Waals surface area contributed by atoms with Crippen LogP contribution in [0.1, 0.15) is 58.3 Å². The first-order valence-electron chi connectivity index (χ1n) is 6.78. The Balaban J connectivity index is 3.45. The lowest BCUT2D eigenvalue weighted by Crippen LogP contribution is -2.33. The summed E-state index contributed by atoms with van der Waals surface area (Å²) < 4.78 is 40.1. The number of carbonyl (C=O) groups excluding carboxylic acids is 1. The number of halogens is 3. The molecule has 114 valence electrons. The molecule has 1 unspecified atom stereocenters. The van der Waals surface area contributed by atoms with Gasteiger partial charge >= 0.3 is 12.1 Å². The Labute approximate surface area is 112 Å². The average Bonchev–Trinajstić information content (AvgIpc) is 2.33. The average molecular weight is 284 g/mol. The summed E-state index contributed by atoms with van der Waals surface area (Å²) in [6.07, 6.45) is -0.0190. The fourth-order valence-electron chi connectivity index (χ4n) is 1.56. The third-order valence-electron chi connectivity index (χ3n) is 2.76. The van der Waals surface area contributed by atoms with Crippen LogP contribution in [-0.2, 0) is 9.53 Å². The highest BCUT2D eigenvalue weighted by Crippen LogP contribution is 2.20. The van der Waals surface area contributed by atoms with E-state index in [0.29, 0.717) is 6.42 Å². The van der Waals surface area contributed by atoms with E-state index < -0.39 is 24.9 Å². The molecule has 0 aliphatic rings. The molecular weight excluding hydrogens is 261 g/mol. The van der Waals surface area contributed by atoms with Crippen LogP contribution in [0.15, 0.2) is 0 Å². The van der Waals surface area contributed by atoms with Gasteiger partial charge in [-0.25, -0.2) is 0 Å². The molecule has 0 fully saturated rings. The summed E-state index contributed by atoms with van der Waals surface area (Å²) >= 11 is 0. The summed E-state index contributed by atoms with van der Waals surface area (Å²) in [4.78, 5) is 11.1. The topological polar surface area (TPSA) is 46.5 Å². The molecule has 0 rings (SSSR count). The number of rotatable bonds is 10. The van der Waals surface area contributed by atoms with Crippen LogP contribution < -0.4 is 0 Å². The molecule has 0 aromatic heterocycles. The van der Waals surface area contributed by atoms with Gasteiger partial charge in [0.05, 0.1) is 0 Å². The van der Waals surface area contributed by atoms with Crippen LogP contribution in [0.2, 0.25) is 0 Å². The second kappa shape index (κ2) is 10.1. The predicted octanol–water partition coefficient (Wildman–Crippen LogP) is 3.59. The van der Waals surface area contributed by atoms with Gasteiger partial charge in [-0.3, -0.25) is 4.79 Å². The highest BCUT2D eigenvalue weighted by molar-refractivity contribution is 5.69. The quantitative estimate of drug-likeness (QED) is 0.492. The van der Waals surface area contributed by atoms with Gasteiger partial charge in [-0.2, -0.15) is 13.2 Å². The minimum atomic E-state index is -4.74. The van der Waals surface area contributed by atoms with E-state index in [1.807, 2.05) is 0 Å². The van der Waals surface area contributed by atoms with Gasteiger partial charge in [-0.1, -0.05) is 45.4 Å². The van der Waals surface area contributed by atoms with E-state index in [1.54, 1.807) is 0 Å². The van der Waals surface area contributed by atoms with Crippen LogP contribution in [0, 0.1) is 0 Å². The van der Waals surface area contributed by atoms with Crippen molar-refractivity contribution in [2.24, 2.45) is 0 Å². The standard InChI is InChI=1S/C13H23F3O3/c1-2-3-4-5-6-7-8-9-12(18)19-10-11(17)13(14,15)16/h11,17H,2-10H2,1H3. The second-order valence-electron chi connectivity index (χ2n) is 4.61. The fraction of sp³-hybridized carbons (Fsp3) is 0.923. The largest absolute Gasteiger partial charge is 0.463 e. The summed E-state index contributed by atoms with van der Waals surface area (Å²) in [6, 6.07) is 0. The van der Waals surface area contributed by atoms with Gasteiger partial charge < -0.3 is 9.84 Å². The monoisotopic (exact) mass is 284 g/mol. The SMILES string of the molecule is CCCCCCCCCC(=O)OCC(O)C(F)(F)F. The van der Waals surface area contributed by atoms with E-state index >= 15 is 0 Å². The third-order valence-corrected chi connectivity index (χ3v) is 2.76. The minimum Gasteiger partial charge on any atom is -0.463 e. The highest BCUT2D eigenvalue weighted by Gasteiger charge is 2.39. The molecule has 0 saturated carbocycles. The Morgan fingerprint density at radius 2 is 1.63 bits per heavy atom. The number of hydrogen-bond donors (Lipinski definition) is 1. The van der Waals surface area contributed by atoms with Crippen molar-refractivity contribution in [3.05, 3.63) is 0 Å². The Kier molecular flexibility index (Phi) is 9.65. The third kappa shape index (κ3) is 10.8. The fourth-order valence-corrected chi connectivity index (χ4v) is 1.56. The van der Waals surface area contributed by atoms with Crippen molar-refractivity contribution in [3.63, 3.8) is 0 Å². The molecule has 0 aromatic rings. The van der Waals surface area contributed by atoms with Crippen LogP contribution in [0.4, 0.5) is 13.2 Å². The van der Waals surface area contributed by atoms with E-state index in [4.69, 9.17) is 5.11 Å². The normalized spacial score (nSPS) is 13.3. The Bertz CT molecular complexity index is 242. The summed E-state index contributed by atoms with van der Waals surface area (Å²) in [5.74, 6) is -0.683. The number of aliphatic hydroxyl groups is 1. The first kappa shape index (κ1) is 18.2. The zero-order valence-corrected chi connectivity index (χ0v) is 11.3. The van der Waals surface area contributed by atoms with Crippen LogP contribution in [0.25, 0.3) is 0 Å². The molecule has 0 amide bonds. The smallest absolute Gasteiger partial charge is 0.417 e. The molecule has 19 heavy (non-hydrogen) atoms. The zero-order chi connectivity index (χ0) is 14.7. The summed E-state index contributed by atoms with van der Waals surface area (Å²) in [6.45, 7) is 1.12. The van der Waals surface area contributed by atoms with E-state index in [9.17, 15) is 18.0 Å². The number of unbranched alkanes of at least 4 members (excludes halogenated alkanes) is 6.